The molecule has 1 aromatic heterocycles. The maximum atomic E-state index is 13.0. The molecule has 3 N–H and O–H groups in total. The van der Waals surface area contributed by atoms with Crippen LogP contribution in [-0.4, -0.2) is 63.2 Å². The number of carbonyl (C=O) groups excluding carboxylic acids is 2. The monoisotopic (exact) mass is 416 g/mol. The maximum absolute atomic E-state index is 13.0. The number of amides is 2. The van der Waals surface area contributed by atoms with Gasteiger partial charge in [-0.25, -0.2) is 0 Å². The molecule has 2 atom stereocenters. The lowest BCUT2D eigenvalue weighted by molar-refractivity contribution is -0.134. The van der Waals surface area contributed by atoms with Gasteiger partial charge in [0.25, 0.3) is 5.91 Å². The number of H-pyrrole nitrogens is 1. The third-order valence-electron chi connectivity index (χ3n) is 5.37. The molecule has 29 heavy (non-hydrogen) atoms. The molecule has 0 unspecified atom stereocenters. The molecule has 1 aliphatic rings. The van der Waals surface area contributed by atoms with Gasteiger partial charge < -0.3 is 15.3 Å². The van der Waals surface area contributed by atoms with Gasteiger partial charge in [-0.1, -0.05) is 43.7 Å². The molecule has 0 bridgehead atoms. The first kappa shape index (κ1) is 21.4. The average Bonchev–Trinajstić information content (AvgIpc) is 3.19. The molecule has 2 amide bonds. The Hall–Kier alpha value is -2.32. The van der Waals surface area contributed by atoms with Crippen molar-refractivity contribution >= 4 is 23.6 Å². The Morgan fingerprint density at radius 2 is 2.14 bits per heavy atom. The second-order valence-electron chi connectivity index (χ2n) is 7.36. The number of rotatable bonds is 7. The van der Waals surface area contributed by atoms with Crippen molar-refractivity contribution in [2.24, 2.45) is 0 Å². The molecule has 1 aliphatic heterocycles. The van der Waals surface area contributed by atoms with Gasteiger partial charge in [-0.3, -0.25) is 14.7 Å². The number of nitrogens with one attached hydrogen (secondary N) is 2. The van der Waals surface area contributed by atoms with Crippen LogP contribution in [-0.2, 0) is 16.8 Å². The summed E-state index contributed by atoms with van der Waals surface area (Å²) in [6, 6.07) is 11.2. The molecule has 3 rings (SSSR count). The molecular weight excluding hydrogens is 388 g/mol. The minimum atomic E-state index is -0.974. The first-order chi connectivity index (χ1) is 14.0. The van der Waals surface area contributed by atoms with Crippen LogP contribution in [0.2, 0.25) is 0 Å². The molecule has 1 saturated heterocycles. The van der Waals surface area contributed by atoms with Crippen molar-refractivity contribution in [3.8, 4) is 0 Å². The van der Waals surface area contributed by atoms with Gasteiger partial charge in [0.2, 0.25) is 5.91 Å². The molecule has 0 spiro atoms. The van der Waals surface area contributed by atoms with E-state index in [2.05, 4.69) is 22.4 Å². The zero-order valence-corrected chi connectivity index (χ0v) is 17.7. The van der Waals surface area contributed by atoms with Crippen molar-refractivity contribution in [1.29, 1.82) is 0 Å². The van der Waals surface area contributed by atoms with Crippen molar-refractivity contribution in [3.63, 3.8) is 0 Å². The van der Waals surface area contributed by atoms with Crippen molar-refractivity contribution in [3.05, 3.63) is 53.3 Å². The molecule has 0 saturated carbocycles. The fraction of sp³-hybridized carbons (Fsp3) is 0.476. The number of β-amino-alcohol motifs (C(OH)–C–C–N with tert-alkyl or cyclic N) is 1. The van der Waals surface area contributed by atoms with E-state index in [9.17, 15) is 14.7 Å². The van der Waals surface area contributed by atoms with E-state index in [-0.39, 0.29) is 18.4 Å². The lowest BCUT2D eigenvalue weighted by atomic mass is 9.78. The summed E-state index contributed by atoms with van der Waals surface area (Å²) in [5.74, 6) is 0.0432. The normalized spacial score (nSPS) is 21.8. The van der Waals surface area contributed by atoms with Gasteiger partial charge >= 0.3 is 0 Å². The van der Waals surface area contributed by atoms with E-state index in [0.29, 0.717) is 24.4 Å². The zero-order chi connectivity index (χ0) is 20.9. The van der Waals surface area contributed by atoms with Gasteiger partial charge in [0, 0.05) is 18.8 Å². The predicted octanol–water partition coefficient (Wildman–Crippen LogP) is 1.94. The smallest absolute Gasteiger partial charge is 0.272 e. The van der Waals surface area contributed by atoms with E-state index in [0.717, 1.165) is 24.1 Å². The summed E-state index contributed by atoms with van der Waals surface area (Å²) < 4.78 is 0. The van der Waals surface area contributed by atoms with Gasteiger partial charge in [0.1, 0.15) is 5.69 Å². The average molecular weight is 417 g/mol. The maximum Gasteiger partial charge on any atom is 0.272 e. The summed E-state index contributed by atoms with van der Waals surface area (Å²) in [7, 11) is 0. The van der Waals surface area contributed by atoms with E-state index in [4.69, 9.17) is 0 Å². The highest BCUT2D eigenvalue weighted by Gasteiger charge is 2.46. The Bertz CT molecular complexity index is 841. The third kappa shape index (κ3) is 4.64. The molecule has 156 valence electrons. The van der Waals surface area contributed by atoms with Crippen LogP contribution in [0.3, 0.4) is 0 Å². The molecule has 7 nitrogen and oxygen atoms in total. The van der Waals surface area contributed by atoms with Crippen molar-refractivity contribution in [2.45, 2.75) is 37.8 Å². The number of aromatic amines is 1. The number of aliphatic hydroxyl groups is 1. The van der Waals surface area contributed by atoms with Crippen molar-refractivity contribution < 1.29 is 14.7 Å². The number of aromatic nitrogens is 2. The third-order valence-corrected chi connectivity index (χ3v) is 5.90. The van der Waals surface area contributed by atoms with E-state index in [1.54, 1.807) is 11.0 Å². The molecule has 2 heterocycles. The number of thioether (sulfide) groups is 1. The van der Waals surface area contributed by atoms with Gasteiger partial charge in [-0.15, -0.1) is 0 Å². The molecule has 8 heteroatoms. The SMILES string of the molecule is CCCc1cc(C(=O)N[C@@]2(c3ccccc3)CCN(C(=O)CSC)C[C@H]2O)n[nH]1. The number of aliphatic hydroxyl groups excluding tert-OH is 1. The molecule has 1 fully saturated rings. The first-order valence-corrected chi connectivity index (χ1v) is 11.3. The van der Waals surface area contributed by atoms with Crippen LogP contribution >= 0.6 is 11.8 Å². The number of piperidine rings is 1. The number of aryl methyl sites for hydroxylation is 1. The summed E-state index contributed by atoms with van der Waals surface area (Å²) in [5, 5.41) is 21.2. The van der Waals surface area contributed by atoms with Gasteiger partial charge in [0.15, 0.2) is 0 Å². The molecular formula is C21H28N4O3S. The van der Waals surface area contributed by atoms with Gasteiger partial charge in [-0.2, -0.15) is 16.9 Å². The highest BCUT2D eigenvalue weighted by atomic mass is 32.2. The molecule has 0 aliphatic carbocycles. The Morgan fingerprint density at radius 1 is 1.38 bits per heavy atom. The summed E-state index contributed by atoms with van der Waals surface area (Å²) in [6.45, 7) is 2.71. The van der Waals surface area contributed by atoms with Crippen LogP contribution in [0.25, 0.3) is 0 Å². The van der Waals surface area contributed by atoms with Gasteiger partial charge in [0.05, 0.1) is 17.4 Å². The fourth-order valence-electron chi connectivity index (χ4n) is 3.81. The molecule has 2 aromatic rings. The van der Waals surface area contributed by atoms with E-state index in [1.807, 2.05) is 36.6 Å². The quantitative estimate of drug-likeness (QED) is 0.641. The standard InChI is InChI=1S/C21H28N4O3S/c1-3-7-16-12-17(24-23-16)20(28)22-21(15-8-5-4-6-9-15)10-11-25(13-18(21)26)19(27)14-29-2/h4-6,8-9,12,18,26H,3,7,10-11,13-14H2,1-2H3,(H,22,28)(H,23,24)/t18-,21-/m1/s1. The highest BCUT2D eigenvalue weighted by Crippen LogP contribution is 2.34. The minimum absolute atomic E-state index is 0.000969. The van der Waals surface area contributed by atoms with Crippen molar-refractivity contribution in [2.75, 3.05) is 25.1 Å². The Balaban J connectivity index is 1.85. The van der Waals surface area contributed by atoms with Gasteiger partial charge in [-0.05, 0) is 30.7 Å². The van der Waals surface area contributed by atoms with E-state index >= 15 is 0 Å². The number of likely N-dealkylation sites (tertiary alicyclic amines) is 1. The second-order valence-corrected chi connectivity index (χ2v) is 8.22. The summed E-state index contributed by atoms with van der Waals surface area (Å²) >= 11 is 1.46. The first-order valence-electron chi connectivity index (χ1n) is 9.87. The van der Waals surface area contributed by atoms with Crippen molar-refractivity contribution in [1.82, 2.24) is 20.4 Å². The van der Waals surface area contributed by atoms with Crippen LogP contribution < -0.4 is 5.32 Å². The predicted molar refractivity (Wildman–Crippen MR) is 114 cm³/mol. The second kappa shape index (κ2) is 9.45. The number of hydrogen-bond donors (Lipinski definition) is 3. The zero-order valence-electron chi connectivity index (χ0n) is 16.9. The number of nitrogens with zero attached hydrogens (tertiary/aromatic N) is 2. The van der Waals surface area contributed by atoms with Crippen LogP contribution in [0.5, 0.6) is 0 Å². The van der Waals surface area contributed by atoms with Crippen LogP contribution in [0.4, 0.5) is 0 Å². The Morgan fingerprint density at radius 3 is 2.79 bits per heavy atom. The lowest BCUT2D eigenvalue weighted by Gasteiger charge is -2.46. The number of benzene rings is 1. The van der Waals surface area contributed by atoms with Crippen LogP contribution in [0.15, 0.2) is 36.4 Å². The highest BCUT2D eigenvalue weighted by molar-refractivity contribution is 7.99. The number of hydrogen-bond acceptors (Lipinski definition) is 5. The molecule has 1 aromatic carbocycles. The largest absolute Gasteiger partial charge is 0.388 e. The topological polar surface area (TPSA) is 98.3 Å². The van der Waals surface area contributed by atoms with Crippen LogP contribution in [0, 0.1) is 0 Å². The van der Waals surface area contributed by atoms with E-state index < -0.39 is 11.6 Å². The fourth-order valence-corrected chi connectivity index (χ4v) is 4.24. The number of carbonyl (C=O) groups is 2. The molecule has 0 radical (unpaired) electrons. The Labute approximate surface area is 175 Å². The minimum Gasteiger partial charge on any atom is -0.388 e. The summed E-state index contributed by atoms with van der Waals surface area (Å²) in [6.07, 6.45) is 3.15. The lowest BCUT2D eigenvalue weighted by Crippen LogP contribution is -2.62. The van der Waals surface area contributed by atoms with E-state index in [1.165, 1.54) is 11.8 Å². The summed E-state index contributed by atoms with van der Waals surface area (Å²) in [5.41, 5.74) is 1.06. The van der Waals surface area contributed by atoms with Crippen LogP contribution in [0.1, 0.15) is 41.5 Å². The summed E-state index contributed by atoms with van der Waals surface area (Å²) in [4.78, 5) is 26.9. The Kier molecular flexibility index (Phi) is 6.97.